The standard InChI is InChI=1S/C13H21N3/c1-10-7-16(8-11(2)15-10)9-12-4-3-5-13(14)6-12/h3-6,10-11,15H,7-9,14H2,1-2H3. The van der Waals surface area contributed by atoms with Gasteiger partial charge in [0.2, 0.25) is 0 Å². The van der Waals surface area contributed by atoms with Gasteiger partial charge < -0.3 is 11.1 Å². The van der Waals surface area contributed by atoms with E-state index in [0.29, 0.717) is 12.1 Å². The van der Waals surface area contributed by atoms with Crippen LogP contribution >= 0.6 is 0 Å². The minimum absolute atomic E-state index is 0.574. The van der Waals surface area contributed by atoms with E-state index in [1.54, 1.807) is 0 Å². The molecule has 1 saturated heterocycles. The Kier molecular flexibility index (Phi) is 3.46. The first-order valence-corrected chi connectivity index (χ1v) is 5.96. The fourth-order valence-corrected chi connectivity index (χ4v) is 2.52. The van der Waals surface area contributed by atoms with Gasteiger partial charge in [-0.1, -0.05) is 12.1 Å². The molecular formula is C13H21N3. The number of nitrogen functional groups attached to an aromatic ring is 1. The molecule has 0 amide bonds. The lowest BCUT2D eigenvalue weighted by Gasteiger charge is -2.36. The van der Waals surface area contributed by atoms with Gasteiger partial charge in [0.1, 0.15) is 0 Å². The van der Waals surface area contributed by atoms with Crippen molar-refractivity contribution in [3.63, 3.8) is 0 Å². The van der Waals surface area contributed by atoms with Crippen LogP contribution in [0.1, 0.15) is 19.4 Å². The summed E-state index contributed by atoms with van der Waals surface area (Å²) in [4.78, 5) is 2.49. The summed E-state index contributed by atoms with van der Waals surface area (Å²) in [6.07, 6.45) is 0. The van der Waals surface area contributed by atoms with Crippen molar-refractivity contribution >= 4 is 5.69 Å². The van der Waals surface area contributed by atoms with Crippen LogP contribution in [0.15, 0.2) is 24.3 Å². The summed E-state index contributed by atoms with van der Waals surface area (Å²) in [7, 11) is 0. The second kappa shape index (κ2) is 4.85. The molecule has 1 aromatic carbocycles. The number of nitrogens with one attached hydrogen (secondary N) is 1. The molecule has 1 fully saturated rings. The first-order chi connectivity index (χ1) is 7.63. The molecule has 0 radical (unpaired) electrons. The zero-order chi connectivity index (χ0) is 11.5. The van der Waals surface area contributed by atoms with Crippen molar-refractivity contribution in [2.75, 3.05) is 18.8 Å². The summed E-state index contributed by atoms with van der Waals surface area (Å²) in [6, 6.07) is 9.33. The normalized spacial score (nSPS) is 26.9. The lowest BCUT2D eigenvalue weighted by molar-refractivity contribution is 0.166. The molecule has 0 saturated carbocycles. The maximum absolute atomic E-state index is 5.79. The van der Waals surface area contributed by atoms with Crippen LogP contribution in [0, 0.1) is 0 Å². The quantitative estimate of drug-likeness (QED) is 0.740. The Labute approximate surface area is 97.6 Å². The Hall–Kier alpha value is -1.06. The molecular weight excluding hydrogens is 198 g/mol. The van der Waals surface area contributed by atoms with Crippen LogP contribution in [-0.2, 0) is 6.54 Å². The number of rotatable bonds is 2. The van der Waals surface area contributed by atoms with Gasteiger partial charge in [0, 0.05) is 37.4 Å². The second-order valence-electron chi connectivity index (χ2n) is 4.91. The topological polar surface area (TPSA) is 41.3 Å². The van der Waals surface area contributed by atoms with Crippen LogP contribution in [0.5, 0.6) is 0 Å². The monoisotopic (exact) mass is 219 g/mol. The average Bonchev–Trinajstić information content (AvgIpc) is 2.15. The van der Waals surface area contributed by atoms with E-state index in [1.165, 1.54) is 5.56 Å². The van der Waals surface area contributed by atoms with Crippen molar-refractivity contribution < 1.29 is 0 Å². The van der Waals surface area contributed by atoms with E-state index < -0.39 is 0 Å². The Bertz CT molecular complexity index is 341. The number of hydrogen-bond donors (Lipinski definition) is 2. The third-order valence-corrected chi connectivity index (χ3v) is 2.99. The van der Waals surface area contributed by atoms with Crippen molar-refractivity contribution in [2.45, 2.75) is 32.5 Å². The van der Waals surface area contributed by atoms with Crippen molar-refractivity contribution in [3.8, 4) is 0 Å². The van der Waals surface area contributed by atoms with Gasteiger partial charge in [-0.3, -0.25) is 4.90 Å². The van der Waals surface area contributed by atoms with E-state index in [-0.39, 0.29) is 0 Å². The lowest BCUT2D eigenvalue weighted by atomic mass is 10.1. The summed E-state index contributed by atoms with van der Waals surface area (Å²) in [5.74, 6) is 0. The number of anilines is 1. The van der Waals surface area contributed by atoms with Crippen LogP contribution in [0.25, 0.3) is 0 Å². The van der Waals surface area contributed by atoms with Crippen molar-refractivity contribution in [2.24, 2.45) is 0 Å². The maximum atomic E-state index is 5.79. The van der Waals surface area contributed by atoms with E-state index in [9.17, 15) is 0 Å². The van der Waals surface area contributed by atoms with Crippen molar-refractivity contribution in [1.82, 2.24) is 10.2 Å². The number of nitrogens with two attached hydrogens (primary N) is 1. The van der Waals surface area contributed by atoms with Gasteiger partial charge in [-0.25, -0.2) is 0 Å². The SMILES string of the molecule is CC1CN(Cc2cccc(N)c2)CC(C)N1. The molecule has 16 heavy (non-hydrogen) atoms. The first kappa shape index (κ1) is 11.4. The Morgan fingerprint density at radius 1 is 1.31 bits per heavy atom. The average molecular weight is 219 g/mol. The summed E-state index contributed by atoms with van der Waals surface area (Å²) in [5.41, 5.74) is 7.95. The van der Waals surface area contributed by atoms with Gasteiger partial charge in [0.15, 0.2) is 0 Å². The third-order valence-electron chi connectivity index (χ3n) is 2.99. The van der Waals surface area contributed by atoms with Gasteiger partial charge >= 0.3 is 0 Å². The van der Waals surface area contributed by atoms with E-state index in [4.69, 9.17) is 5.73 Å². The smallest absolute Gasteiger partial charge is 0.0317 e. The van der Waals surface area contributed by atoms with Gasteiger partial charge in [0.05, 0.1) is 0 Å². The minimum atomic E-state index is 0.574. The molecule has 0 spiro atoms. The minimum Gasteiger partial charge on any atom is -0.399 e. The Morgan fingerprint density at radius 2 is 2.00 bits per heavy atom. The summed E-state index contributed by atoms with van der Waals surface area (Å²) in [6.45, 7) is 7.70. The summed E-state index contributed by atoms with van der Waals surface area (Å²) in [5, 5.41) is 3.54. The molecule has 3 heteroatoms. The van der Waals surface area contributed by atoms with Crippen molar-refractivity contribution in [3.05, 3.63) is 29.8 Å². The zero-order valence-electron chi connectivity index (χ0n) is 10.1. The number of hydrogen-bond acceptors (Lipinski definition) is 3. The molecule has 0 aromatic heterocycles. The number of piperazine rings is 1. The summed E-state index contributed by atoms with van der Waals surface area (Å²) >= 11 is 0. The van der Waals surface area contributed by atoms with Gasteiger partial charge in [0.25, 0.3) is 0 Å². The molecule has 0 aliphatic carbocycles. The maximum Gasteiger partial charge on any atom is 0.0317 e. The van der Waals surface area contributed by atoms with E-state index >= 15 is 0 Å². The van der Waals surface area contributed by atoms with Gasteiger partial charge in [-0.2, -0.15) is 0 Å². The van der Waals surface area contributed by atoms with E-state index in [2.05, 4.69) is 36.2 Å². The van der Waals surface area contributed by atoms with Crippen LogP contribution in [-0.4, -0.2) is 30.1 Å². The molecule has 88 valence electrons. The molecule has 1 heterocycles. The molecule has 0 bridgehead atoms. The van der Waals surface area contributed by atoms with Crippen LogP contribution in [0.4, 0.5) is 5.69 Å². The Morgan fingerprint density at radius 3 is 2.62 bits per heavy atom. The van der Waals surface area contributed by atoms with E-state index in [1.807, 2.05) is 12.1 Å². The van der Waals surface area contributed by atoms with Gasteiger partial charge in [-0.05, 0) is 31.5 Å². The van der Waals surface area contributed by atoms with Crippen molar-refractivity contribution in [1.29, 1.82) is 0 Å². The highest BCUT2D eigenvalue weighted by Crippen LogP contribution is 2.12. The molecule has 3 N–H and O–H groups in total. The highest BCUT2D eigenvalue weighted by molar-refractivity contribution is 5.40. The Balaban J connectivity index is 1.98. The fraction of sp³-hybridized carbons (Fsp3) is 0.538. The van der Waals surface area contributed by atoms with Crippen LogP contribution in [0.3, 0.4) is 0 Å². The fourth-order valence-electron chi connectivity index (χ4n) is 2.52. The molecule has 2 unspecified atom stereocenters. The largest absolute Gasteiger partial charge is 0.399 e. The predicted molar refractivity (Wildman–Crippen MR) is 68.2 cm³/mol. The van der Waals surface area contributed by atoms with Crippen LogP contribution < -0.4 is 11.1 Å². The molecule has 1 aliphatic rings. The van der Waals surface area contributed by atoms with Crippen LogP contribution in [0.2, 0.25) is 0 Å². The lowest BCUT2D eigenvalue weighted by Crippen LogP contribution is -2.53. The highest BCUT2D eigenvalue weighted by atomic mass is 15.2. The predicted octanol–water partition coefficient (Wildman–Crippen LogP) is 1.45. The first-order valence-electron chi connectivity index (χ1n) is 5.96. The third kappa shape index (κ3) is 2.97. The number of nitrogens with zero attached hydrogens (tertiary/aromatic N) is 1. The van der Waals surface area contributed by atoms with Gasteiger partial charge in [-0.15, -0.1) is 0 Å². The van der Waals surface area contributed by atoms with E-state index in [0.717, 1.165) is 25.3 Å². The molecule has 2 atom stereocenters. The molecule has 3 nitrogen and oxygen atoms in total. The second-order valence-corrected chi connectivity index (χ2v) is 4.91. The highest BCUT2D eigenvalue weighted by Gasteiger charge is 2.20. The number of benzene rings is 1. The molecule has 2 rings (SSSR count). The summed E-state index contributed by atoms with van der Waals surface area (Å²) < 4.78 is 0. The molecule has 1 aromatic rings. The molecule has 1 aliphatic heterocycles. The zero-order valence-corrected chi connectivity index (χ0v) is 10.1.